The zero-order valence-electron chi connectivity index (χ0n) is 8.90. The van der Waals surface area contributed by atoms with Gasteiger partial charge in [0, 0.05) is 6.54 Å². The average Bonchev–Trinajstić information content (AvgIpc) is 2.13. The fraction of sp³-hybridized carbons (Fsp3) is 0.778. The van der Waals surface area contributed by atoms with Crippen LogP contribution >= 0.6 is 0 Å². The summed E-state index contributed by atoms with van der Waals surface area (Å²) in [6.45, 7) is 3.63. The number of aliphatic hydroxyl groups is 1. The van der Waals surface area contributed by atoms with E-state index in [4.69, 9.17) is 9.84 Å². The predicted octanol–water partition coefficient (Wildman–Crippen LogP) is -0.637. The third kappa shape index (κ3) is 6.87. The van der Waals surface area contributed by atoms with Gasteiger partial charge in [-0.2, -0.15) is 0 Å². The number of rotatable bonds is 7. The lowest BCUT2D eigenvalue weighted by atomic mass is 10.2. The van der Waals surface area contributed by atoms with E-state index in [0.29, 0.717) is 6.61 Å². The van der Waals surface area contributed by atoms with Crippen molar-refractivity contribution >= 4 is 11.9 Å². The molecule has 0 aromatic rings. The Bertz CT molecular complexity index is 219. The SMILES string of the molecule is CCOC(=O)C(C)NCC(O)CC(=O)O. The monoisotopic (exact) mass is 219 g/mol. The van der Waals surface area contributed by atoms with E-state index in [0.717, 1.165) is 0 Å². The molecule has 0 fully saturated rings. The number of carbonyl (C=O) groups excluding carboxylic acids is 1. The topological polar surface area (TPSA) is 95.9 Å². The van der Waals surface area contributed by atoms with Crippen LogP contribution in [0.15, 0.2) is 0 Å². The first-order valence-corrected chi connectivity index (χ1v) is 4.77. The zero-order chi connectivity index (χ0) is 11.8. The van der Waals surface area contributed by atoms with Crippen molar-refractivity contribution in [1.82, 2.24) is 5.32 Å². The summed E-state index contributed by atoms with van der Waals surface area (Å²) in [5.41, 5.74) is 0. The molecule has 2 unspecified atom stereocenters. The third-order valence-electron chi connectivity index (χ3n) is 1.71. The molecule has 0 aliphatic heterocycles. The lowest BCUT2D eigenvalue weighted by Gasteiger charge is -2.14. The number of carbonyl (C=O) groups is 2. The van der Waals surface area contributed by atoms with Crippen LogP contribution in [0, 0.1) is 0 Å². The minimum Gasteiger partial charge on any atom is -0.481 e. The van der Waals surface area contributed by atoms with Crippen LogP contribution in [0.5, 0.6) is 0 Å². The van der Waals surface area contributed by atoms with Gasteiger partial charge in [-0.15, -0.1) is 0 Å². The Morgan fingerprint density at radius 1 is 1.47 bits per heavy atom. The van der Waals surface area contributed by atoms with Gasteiger partial charge in [-0.3, -0.25) is 9.59 Å². The Morgan fingerprint density at radius 3 is 2.53 bits per heavy atom. The third-order valence-corrected chi connectivity index (χ3v) is 1.71. The lowest BCUT2D eigenvalue weighted by molar-refractivity contribution is -0.145. The number of ether oxygens (including phenoxy) is 1. The van der Waals surface area contributed by atoms with Crippen molar-refractivity contribution in [2.75, 3.05) is 13.2 Å². The fourth-order valence-corrected chi connectivity index (χ4v) is 0.937. The second-order valence-corrected chi connectivity index (χ2v) is 3.13. The zero-order valence-corrected chi connectivity index (χ0v) is 8.90. The summed E-state index contributed by atoms with van der Waals surface area (Å²) in [6, 6.07) is -0.548. The van der Waals surface area contributed by atoms with Crippen molar-refractivity contribution in [3.05, 3.63) is 0 Å². The maximum atomic E-state index is 11.1. The largest absolute Gasteiger partial charge is 0.481 e. The van der Waals surface area contributed by atoms with E-state index in [-0.39, 0.29) is 13.0 Å². The molecule has 15 heavy (non-hydrogen) atoms. The summed E-state index contributed by atoms with van der Waals surface area (Å²) in [6.07, 6.45) is -1.35. The van der Waals surface area contributed by atoms with Crippen molar-refractivity contribution in [2.24, 2.45) is 0 Å². The van der Waals surface area contributed by atoms with E-state index >= 15 is 0 Å². The molecule has 0 rings (SSSR count). The highest BCUT2D eigenvalue weighted by atomic mass is 16.5. The molecule has 0 aromatic carbocycles. The van der Waals surface area contributed by atoms with Gasteiger partial charge in [0.25, 0.3) is 0 Å². The summed E-state index contributed by atoms with van der Waals surface area (Å²) >= 11 is 0. The van der Waals surface area contributed by atoms with Crippen molar-refractivity contribution in [2.45, 2.75) is 32.4 Å². The van der Waals surface area contributed by atoms with Gasteiger partial charge in [0.15, 0.2) is 0 Å². The number of carboxylic acids is 1. The Morgan fingerprint density at radius 2 is 2.07 bits per heavy atom. The molecule has 0 heterocycles. The van der Waals surface area contributed by atoms with Crippen molar-refractivity contribution in [3.63, 3.8) is 0 Å². The quantitative estimate of drug-likeness (QED) is 0.493. The first-order valence-electron chi connectivity index (χ1n) is 4.77. The smallest absolute Gasteiger partial charge is 0.322 e. The molecule has 0 saturated carbocycles. The second-order valence-electron chi connectivity index (χ2n) is 3.13. The molecular formula is C9H17NO5. The van der Waals surface area contributed by atoms with E-state index in [2.05, 4.69) is 5.32 Å². The molecule has 0 aromatic heterocycles. The Balaban J connectivity index is 3.74. The van der Waals surface area contributed by atoms with E-state index in [1.165, 1.54) is 0 Å². The summed E-state index contributed by atoms with van der Waals surface area (Å²) in [7, 11) is 0. The van der Waals surface area contributed by atoms with Crippen LogP contribution < -0.4 is 5.32 Å². The summed E-state index contributed by atoms with van der Waals surface area (Å²) in [5.74, 6) is -1.49. The lowest BCUT2D eigenvalue weighted by Crippen LogP contribution is -2.40. The van der Waals surface area contributed by atoms with Crippen LogP contribution in [0.2, 0.25) is 0 Å². The number of aliphatic hydroxyl groups excluding tert-OH is 1. The van der Waals surface area contributed by atoms with E-state index in [1.807, 2.05) is 0 Å². The molecule has 0 saturated heterocycles. The molecule has 0 aliphatic rings. The molecule has 0 bridgehead atoms. The van der Waals surface area contributed by atoms with Crippen molar-refractivity contribution < 1.29 is 24.5 Å². The Hall–Kier alpha value is -1.14. The Kier molecular flexibility index (Phi) is 6.64. The standard InChI is InChI=1S/C9H17NO5/c1-3-15-9(14)6(2)10-5-7(11)4-8(12)13/h6-7,10-11H,3-5H2,1-2H3,(H,12,13). The molecular weight excluding hydrogens is 202 g/mol. The molecule has 0 amide bonds. The Labute approximate surface area is 88.2 Å². The minimum atomic E-state index is -1.08. The maximum Gasteiger partial charge on any atom is 0.322 e. The molecule has 2 atom stereocenters. The number of aliphatic carboxylic acids is 1. The molecule has 0 spiro atoms. The summed E-state index contributed by atoms with van der Waals surface area (Å²) in [5, 5.41) is 20.2. The van der Waals surface area contributed by atoms with Crippen molar-refractivity contribution in [3.8, 4) is 0 Å². The van der Waals surface area contributed by atoms with Crippen LogP contribution in [0.25, 0.3) is 0 Å². The van der Waals surface area contributed by atoms with Gasteiger partial charge in [0.05, 0.1) is 19.1 Å². The van der Waals surface area contributed by atoms with E-state index in [9.17, 15) is 14.7 Å². The molecule has 6 nitrogen and oxygen atoms in total. The van der Waals surface area contributed by atoms with Gasteiger partial charge in [-0.05, 0) is 13.8 Å². The molecule has 0 radical (unpaired) electrons. The van der Waals surface area contributed by atoms with Crippen LogP contribution in [0.1, 0.15) is 20.3 Å². The highest BCUT2D eigenvalue weighted by molar-refractivity contribution is 5.75. The van der Waals surface area contributed by atoms with E-state index < -0.39 is 24.1 Å². The van der Waals surface area contributed by atoms with Crippen molar-refractivity contribution in [1.29, 1.82) is 0 Å². The number of hydrogen-bond acceptors (Lipinski definition) is 5. The van der Waals surface area contributed by atoms with Gasteiger partial charge >= 0.3 is 11.9 Å². The highest BCUT2D eigenvalue weighted by Gasteiger charge is 2.16. The predicted molar refractivity (Wildman–Crippen MR) is 52.4 cm³/mol. The van der Waals surface area contributed by atoms with Gasteiger partial charge < -0.3 is 20.3 Å². The van der Waals surface area contributed by atoms with Gasteiger partial charge in [-0.25, -0.2) is 0 Å². The molecule has 6 heteroatoms. The van der Waals surface area contributed by atoms with Gasteiger partial charge in [-0.1, -0.05) is 0 Å². The summed E-state index contributed by atoms with van der Waals surface area (Å²) in [4.78, 5) is 21.3. The number of esters is 1. The fourth-order valence-electron chi connectivity index (χ4n) is 0.937. The van der Waals surface area contributed by atoms with Crippen LogP contribution in [0.4, 0.5) is 0 Å². The first-order chi connectivity index (χ1) is 6.97. The number of nitrogens with one attached hydrogen (secondary N) is 1. The number of hydrogen-bond donors (Lipinski definition) is 3. The van der Waals surface area contributed by atoms with Gasteiger partial charge in [0.1, 0.15) is 6.04 Å². The first kappa shape index (κ1) is 13.9. The van der Waals surface area contributed by atoms with Crippen LogP contribution in [-0.4, -0.2) is 47.4 Å². The summed E-state index contributed by atoms with van der Waals surface area (Å²) < 4.78 is 4.72. The molecule has 3 N–H and O–H groups in total. The van der Waals surface area contributed by atoms with Crippen LogP contribution in [-0.2, 0) is 14.3 Å². The van der Waals surface area contributed by atoms with Gasteiger partial charge in [0.2, 0.25) is 0 Å². The second kappa shape index (κ2) is 7.19. The molecule has 0 aliphatic carbocycles. The molecule has 88 valence electrons. The average molecular weight is 219 g/mol. The normalized spacial score (nSPS) is 14.3. The minimum absolute atomic E-state index is 0.0479. The maximum absolute atomic E-state index is 11.1. The van der Waals surface area contributed by atoms with E-state index in [1.54, 1.807) is 13.8 Å². The van der Waals surface area contributed by atoms with Crippen LogP contribution in [0.3, 0.4) is 0 Å². The highest BCUT2D eigenvalue weighted by Crippen LogP contribution is 1.92. The number of carboxylic acid groups (broad SMARTS) is 1.